The monoisotopic (exact) mass is 124 g/mol. The molecule has 1 heterocycles. The van der Waals surface area contributed by atoms with Crippen LogP contribution in [0.15, 0.2) is 12.3 Å². The molecule has 0 aliphatic rings. The molecule has 1 aromatic heterocycles. The predicted octanol–water partition coefficient (Wildman–Crippen LogP) is 0.303. The van der Waals surface area contributed by atoms with E-state index >= 15 is 0 Å². The molecule has 0 aliphatic carbocycles. The van der Waals surface area contributed by atoms with E-state index in [0.717, 1.165) is 12.4 Å². The van der Waals surface area contributed by atoms with Crippen LogP contribution in [0.1, 0.15) is 6.92 Å². The van der Waals surface area contributed by atoms with Crippen molar-refractivity contribution >= 4 is 5.82 Å². The lowest BCUT2D eigenvalue weighted by molar-refractivity contribution is 0.864. The first-order chi connectivity index (χ1) is 4.43. The second kappa shape index (κ2) is 2.96. The van der Waals surface area contributed by atoms with Crippen LogP contribution in [0.5, 0.6) is 0 Å². The summed E-state index contributed by atoms with van der Waals surface area (Å²) in [7, 11) is 0. The van der Waals surface area contributed by atoms with Gasteiger partial charge in [0.05, 0.1) is 6.20 Å². The van der Waals surface area contributed by atoms with Gasteiger partial charge in [0.2, 0.25) is 0 Å². The summed E-state index contributed by atoms with van der Waals surface area (Å²) in [4.78, 5) is 0. The molecule has 0 aliphatic heterocycles. The van der Waals surface area contributed by atoms with Gasteiger partial charge in [0, 0.05) is 12.6 Å². The molecule has 0 atom stereocenters. The minimum atomic E-state index is 0.771. The molecular weight excluding hydrogens is 116 g/mol. The Morgan fingerprint density at radius 3 is 3.11 bits per heavy atom. The molecule has 0 bridgehead atoms. The van der Waals surface area contributed by atoms with Crippen molar-refractivity contribution in [3.63, 3.8) is 0 Å². The third-order valence-electron chi connectivity index (χ3n) is 0.861. The van der Waals surface area contributed by atoms with Gasteiger partial charge in [0.15, 0.2) is 5.82 Å². The maximum absolute atomic E-state index is 3.70. The number of nitrogens with one attached hydrogen (secondary N) is 1. The van der Waals surface area contributed by atoms with Crippen molar-refractivity contribution in [1.82, 2.24) is 15.4 Å². The first kappa shape index (κ1) is 5.94. The summed E-state index contributed by atoms with van der Waals surface area (Å²) in [5.41, 5.74) is 0. The summed E-state index contributed by atoms with van der Waals surface area (Å²) in [5, 5.41) is 13.7. The van der Waals surface area contributed by atoms with Crippen LogP contribution in [0.3, 0.4) is 0 Å². The highest BCUT2D eigenvalue weighted by Gasteiger charge is 1.85. The van der Waals surface area contributed by atoms with Gasteiger partial charge < -0.3 is 5.32 Å². The second-order valence-electron chi connectivity index (χ2n) is 1.54. The van der Waals surface area contributed by atoms with Crippen LogP contribution in [-0.4, -0.2) is 22.0 Å². The van der Waals surface area contributed by atoms with Gasteiger partial charge in [0.1, 0.15) is 0 Å². The summed E-state index contributed by atoms with van der Waals surface area (Å²) in [6.45, 7) is 2.86. The molecular formula is C5H8N4. The standard InChI is InChI=1S/C5H8N4/c1-2-6-5-3-4-7-9-8-5/h3-4H,2H2,1H3,(H,6,7,8). The van der Waals surface area contributed by atoms with E-state index in [1.807, 2.05) is 6.92 Å². The molecule has 0 spiro atoms. The summed E-state index contributed by atoms with van der Waals surface area (Å²) < 4.78 is 0. The normalized spacial score (nSPS) is 9.00. The molecule has 0 saturated carbocycles. The predicted molar refractivity (Wildman–Crippen MR) is 34.0 cm³/mol. The van der Waals surface area contributed by atoms with Crippen LogP contribution < -0.4 is 5.32 Å². The summed E-state index contributed by atoms with van der Waals surface area (Å²) in [5.74, 6) is 0.771. The van der Waals surface area contributed by atoms with E-state index in [1.54, 1.807) is 12.3 Å². The van der Waals surface area contributed by atoms with Gasteiger partial charge in [-0.25, -0.2) is 0 Å². The fraction of sp³-hybridized carbons (Fsp3) is 0.400. The highest BCUT2D eigenvalue weighted by molar-refractivity contribution is 5.29. The summed E-state index contributed by atoms with van der Waals surface area (Å²) in [6, 6.07) is 1.77. The van der Waals surface area contributed by atoms with Crippen molar-refractivity contribution in [3.05, 3.63) is 12.3 Å². The average molecular weight is 124 g/mol. The lowest BCUT2D eigenvalue weighted by Gasteiger charge is -1.95. The number of nitrogens with zero attached hydrogens (tertiary/aromatic N) is 3. The third kappa shape index (κ3) is 1.64. The van der Waals surface area contributed by atoms with E-state index in [1.165, 1.54) is 0 Å². The maximum atomic E-state index is 3.70. The van der Waals surface area contributed by atoms with Crippen molar-refractivity contribution in [2.75, 3.05) is 11.9 Å². The summed E-state index contributed by atoms with van der Waals surface area (Å²) >= 11 is 0. The minimum absolute atomic E-state index is 0.771. The minimum Gasteiger partial charge on any atom is -0.369 e. The zero-order valence-corrected chi connectivity index (χ0v) is 5.20. The number of rotatable bonds is 2. The lowest BCUT2D eigenvalue weighted by atomic mass is 10.6. The molecule has 0 saturated heterocycles. The molecule has 0 fully saturated rings. The molecule has 0 amide bonds. The molecule has 0 unspecified atom stereocenters. The van der Waals surface area contributed by atoms with Crippen molar-refractivity contribution < 1.29 is 0 Å². The zero-order valence-electron chi connectivity index (χ0n) is 5.20. The van der Waals surface area contributed by atoms with Gasteiger partial charge in [-0.3, -0.25) is 0 Å². The molecule has 4 nitrogen and oxygen atoms in total. The zero-order chi connectivity index (χ0) is 6.53. The lowest BCUT2D eigenvalue weighted by Crippen LogP contribution is -2.00. The third-order valence-corrected chi connectivity index (χ3v) is 0.861. The van der Waals surface area contributed by atoms with Gasteiger partial charge in [-0.1, -0.05) is 0 Å². The highest BCUT2D eigenvalue weighted by Crippen LogP contribution is 1.93. The Morgan fingerprint density at radius 2 is 2.56 bits per heavy atom. The Hall–Kier alpha value is -1.19. The Bertz CT molecular complexity index is 162. The van der Waals surface area contributed by atoms with Crippen molar-refractivity contribution in [2.24, 2.45) is 0 Å². The number of aromatic nitrogens is 3. The van der Waals surface area contributed by atoms with Crippen molar-refractivity contribution in [1.29, 1.82) is 0 Å². The Kier molecular flexibility index (Phi) is 1.95. The van der Waals surface area contributed by atoms with E-state index in [4.69, 9.17) is 0 Å². The maximum Gasteiger partial charge on any atom is 0.152 e. The second-order valence-corrected chi connectivity index (χ2v) is 1.54. The van der Waals surface area contributed by atoms with Crippen LogP contribution >= 0.6 is 0 Å². The number of anilines is 1. The molecule has 1 aromatic rings. The van der Waals surface area contributed by atoms with Gasteiger partial charge in [-0.15, -0.1) is 10.2 Å². The molecule has 48 valence electrons. The van der Waals surface area contributed by atoms with E-state index in [0.29, 0.717) is 0 Å². The van der Waals surface area contributed by atoms with Gasteiger partial charge in [0.25, 0.3) is 0 Å². The molecule has 0 radical (unpaired) electrons. The SMILES string of the molecule is CCNc1ccnnn1. The fourth-order valence-corrected chi connectivity index (χ4v) is 0.516. The summed E-state index contributed by atoms with van der Waals surface area (Å²) in [6.07, 6.45) is 1.60. The van der Waals surface area contributed by atoms with Gasteiger partial charge in [-0.2, -0.15) is 0 Å². The Labute approximate surface area is 53.3 Å². The average Bonchev–Trinajstić information content (AvgIpc) is 1.91. The van der Waals surface area contributed by atoms with E-state index in [-0.39, 0.29) is 0 Å². The first-order valence-corrected chi connectivity index (χ1v) is 2.81. The highest BCUT2D eigenvalue weighted by atomic mass is 15.3. The Morgan fingerprint density at radius 1 is 1.67 bits per heavy atom. The topological polar surface area (TPSA) is 50.7 Å². The molecule has 9 heavy (non-hydrogen) atoms. The molecule has 0 aromatic carbocycles. The molecule has 1 N–H and O–H groups in total. The molecule has 1 rings (SSSR count). The van der Waals surface area contributed by atoms with Crippen molar-refractivity contribution in [3.8, 4) is 0 Å². The largest absolute Gasteiger partial charge is 0.369 e. The van der Waals surface area contributed by atoms with Crippen molar-refractivity contribution in [2.45, 2.75) is 6.92 Å². The quantitative estimate of drug-likeness (QED) is 0.616. The van der Waals surface area contributed by atoms with Crippen LogP contribution in [0.2, 0.25) is 0 Å². The van der Waals surface area contributed by atoms with Crippen LogP contribution in [-0.2, 0) is 0 Å². The van der Waals surface area contributed by atoms with Crippen LogP contribution in [0.25, 0.3) is 0 Å². The smallest absolute Gasteiger partial charge is 0.152 e. The van der Waals surface area contributed by atoms with Crippen LogP contribution in [0, 0.1) is 0 Å². The molecule has 4 heteroatoms. The Balaban J connectivity index is 2.61. The number of hydrogen-bond acceptors (Lipinski definition) is 4. The van der Waals surface area contributed by atoms with Gasteiger partial charge in [-0.05, 0) is 12.1 Å². The fourth-order valence-electron chi connectivity index (χ4n) is 0.516. The van der Waals surface area contributed by atoms with E-state index < -0.39 is 0 Å². The van der Waals surface area contributed by atoms with Crippen LogP contribution in [0.4, 0.5) is 5.82 Å². The van der Waals surface area contributed by atoms with Gasteiger partial charge >= 0.3 is 0 Å². The number of hydrogen-bond donors (Lipinski definition) is 1. The first-order valence-electron chi connectivity index (χ1n) is 2.81. The van der Waals surface area contributed by atoms with E-state index in [9.17, 15) is 0 Å². The van der Waals surface area contributed by atoms with E-state index in [2.05, 4.69) is 20.7 Å².